The average Bonchev–Trinajstić information content (AvgIpc) is 2.69. The van der Waals surface area contributed by atoms with Crippen molar-refractivity contribution in [2.75, 3.05) is 0 Å². The van der Waals surface area contributed by atoms with Gasteiger partial charge in [0, 0.05) is 12.1 Å². The van der Waals surface area contributed by atoms with Gasteiger partial charge in [0.1, 0.15) is 0 Å². The molecule has 1 aliphatic carbocycles. The van der Waals surface area contributed by atoms with Crippen LogP contribution < -0.4 is 51.4 Å². The summed E-state index contributed by atoms with van der Waals surface area (Å²) in [6, 6.07) is 7.92. The fourth-order valence-corrected chi connectivity index (χ4v) is 2.09. The third-order valence-corrected chi connectivity index (χ3v) is 3.29. The summed E-state index contributed by atoms with van der Waals surface area (Å²) in [6.45, 7) is 8.46. The molecular formula is C13H14KNO. The Morgan fingerprint density at radius 3 is 2.19 bits per heavy atom. The van der Waals surface area contributed by atoms with Crippen molar-refractivity contribution in [3.05, 3.63) is 52.8 Å². The van der Waals surface area contributed by atoms with Gasteiger partial charge in [0.05, 0.1) is 0 Å². The molecule has 2 nitrogen and oxygen atoms in total. The Balaban J connectivity index is 0.00000128. The van der Waals surface area contributed by atoms with E-state index in [2.05, 4.69) is 25.6 Å². The molecule has 0 saturated heterocycles. The van der Waals surface area contributed by atoms with E-state index in [9.17, 15) is 5.21 Å². The van der Waals surface area contributed by atoms with Gasteiger partial charge in [-0.25, -0.2) is 0 Å². The van der Waals surface area contributed by atoms with E-state index in [-0.39, 0.29) is 56.8 Å². The Labute approximate surface area is 139 Å². The Morgan fingerprint density at radius 2 is 1.81 bits per heavy atom. The first kappa shape index (κ1) is 14.1. The molecule has 1 aliphatic rings. The third kappa shape index (κ3) is 2.49. The van der Waals surface area contributed by atoms with Gasteiger partial charge in [-0.05, 0) is 16.5 Å². The predicted octanol–water partition coefficient (Wildman–Crippen LogP) is 0.287. The zero-order chi connectivity index (χ0) is 11.1. The molecule has 0 N–H and O–H groups in total. The first-order chi connectivity index (χ1) is 7.07. The maximum absolute atomic E-state index is 10.0. The van der Waals surface area contributed by atoms with Crippen molar-refractivity contribution in [2.45, 2.75) is 19.8 Å². The number of hydrogen-bond donors (Lipinski definition) is 0. The number of allylic oxidation sites excluding steroid dienone is 1. The molecule has 16 heavy (non-hydrogen) atoms. The largest absolute Gasteiger partial charge is 1.00 e. The summed E-state index contributed by atoms with van der Waals surface area (Å²) in [5.41, 5.74) is 3.63. The molecule has 0 aromatic heterocycles. The topological polar surface area (TPSA) is 35.4 Å². The summed E-state index contributed by atoms with van der Waals surface area (Å²) in [6.07, 6.45) is 1.32. The standard InChI is InChI=1S/C13H15NO.K/c1-9-12(13(9,2)3)11-6-4-10(5-7-11)8-14-15;/h4-8,12,15H,1H2,2-3H3;/q;+1/p-1/b14-8+;. The molecule has 2 rings (SSSR count). The van der Waals surface area contributed by atoms with Crippen LogP contribution in [0.15, 0.2) is 41.6 Å². The second-order valence-corrected chi connectivity index (χ2v) is 4.58. The first-order valence-electron chi connectivity index (χ1n) is 5.02. The van der Waals surface area contributed by atoms with Gasteiger partial charge >= 0.3 is 51.4 Å². The van der Waals surface area contributed by atoms with Gasteiger partial charge in [-0.2, -0.15) is 0 Å². The van der Waals surface area contributed by atoms with Crippen LogP contribution in [0.3, 0.4) is 0 Å². The molecule has 0 heterocycles. The molecule has 1 aromatic carbocycles. The molecule has 0 aliphatic heterocycles. The molecule has 1 saturated carbocycles. The molecule has 0 bridgehead atoms. The molecule has 0 amide bonds. The second kappa shape index (κ2) is 5.15. The van der Waals surface area contributed by atoms with E-state index in [4.69, 9.17) is 0 Å². The van der Waals surface area contributed by atoms with E-state index >= 15 is 0 Å². The molecule has 0 spiro atoms. The minimum absolute atomic E-state index is 0. The minimum atomic E-state index is 0. The maximum atomic E-state index is 10.0. The number of hydrogen-bond acceptors (Lipinski definition) is 2. The van der Waals surface area contributed by atoms with Gasteiger partial charge in [0.15, 0.2) is 0 Å². The maximum Gasteiger partial charge on any atom is 1.00 e. The van der Waals surface area contributed by atoms with Gasteiger partial charge in [-0.1, -0.05) is 50.3 Å². The van der Waals surface area contributed by atoms with E-state index in [1.165, 1.54) is 17.4 Å². The Morgan fingerprint density at radius 1 is 1.31 bits per heavy atom. The van der Waals surface area contributed by atoms with Crippen LogP contribution in [0.5, 0.6) is 0 Å². The predicted molar refractivity (Wildman–Crippen MR) is 63.1 cm³/mol. The first-order valence-corrected chi connectivity index (χ1v) is 5.02. The monoisotopic (exact) mass is 239 g/mol. The van der Waals surface area contributed by atoms with Gasteiger partial charge in [0.25, 0.3) is 0 Å². The van der Waals surface area contributed by atoms with Gasteiger partial charge in [0.2, 0.25) is 0 Å². The zero-order valence-corrected chi connectivity index (χ0v) is 13.1. The molecule has 1 aromatic rings. The van der Waals surface area contributed by atoms with Crippen molar-refractivity contribution in [2.24, 2.45) is 10.6 Å². The summed E-state index contributed by atoms with van der Waals surface area (Å²) < 4.78 is 0. The van der Waals surface area contributed by atoms with Crippen LogP contribution in [0.2, 0.25) is 0 Å². The van der Waals surface area contributed by atoms with Crippen LogP contribution in [0.4, 0.5) is 0 Å². The van der Waals surface area contributed by atoms with Crippen LogP contribution in [-0.4, -0.2) is 6.21 Å². The van der Waals surface area contributed by atoms with Crippen molar-refractivity contribution >= 4 is 6.21 Å². The summed E-state index contributed by atoms with van der Waals surface area (Å²) >= 11 is 0. The Bertz CT molecular complexity index is 420. The van der Waals surface area contributed by atoms with Crippen molar-refractivity contribution in [1.29, 1.82) is 0 Å². The second-order valence-electron chi connectivity index (χ2n) is 4.58. The quantitative estimate of drug-likeness (QED) is 0.316. The molecule has 0 radical (unpaired) electrons. The average molecular weight is 239 g/mol. The fraction of sp³-hybridized carbons (Fsp3) is 0.308. The van der Waals surface area contributed by atoms with Crippen LogP contribution in [0, 0.1) is 10.6 Å². The zero-order valence-electron chi connectivity index (χ0n) is 10.0. The van der Waals surface area contributed by atoms with E-state index < -0.39 is 0 Å². The molecule has 1 atom stereocenters. The van der Waals surface area contributed by atoms with E-state index in [0.717, 1.165) is 5.56 Å². The number of benzene rings is 1. The summed E-state index contributed by atoms with van der Waals surface area (Å²) in [7, 11) is 0. The van der Waals surface area contributed by atoms with Crippen LogP contribution >= 0.6 is 0 Å². The molecule has 78 valence electrons. The summed E-state index contributed by atoms with van der Waals surface area (Å²) in [5, 5.41) is 12.8. The Kier molecular flexibility index (Phi) is 4.54. The van der Waals surface area contributed by atoms with Crippen molar-refractivity contribution in [3.8, 4) is 0 Å². The normalized spacial score (nSPS) is 21.9. The van der Waals surface area contributed by atoms with E-state index in [0.29, 0.717) is 5.92 Å². The Hall–Kier alpha value is 0.0664. The third-order valence-electron chi connectivity index (χ3n) is 3.29. The SMILES string of the molecule is C=C1C(c2ccc(/C=N/[O-])cc2)C1(C)C.[K+]. The summed E-state index contributed by atoms with van der Waals surface area (Å²) in [5.74, 6) is 0.468. The van der Waals surface area contributed by atoms with Crippen molar-refractivity contribution < 1.29 is 51.4 Å². The molecule has 3 heteroatoms. The van der Waals surface area contributed by atoms with Gasteiger partial charge in [-0.3, -0.25) is 0 Å². The number of rotatable bonds is 2. The molecular weight excluding hydrogens is 225 g/mol. The van der Waals surface area contributed by atoms with E-state index in [1.807, 2.05) is 24.3 Å². The van der Waals surface area contributed by atoms with Gasteiger partial charge < -0.3 is 10.4 Å². The van der Waals surface area contributed by atoms with Crippen molar-refractivity contribution in [1.82, 2.24) is 0 Å². The molecule has 1 unspecified atom stereocenters. The summed E-state index contributed by atoms with van der Waals surface area (Å²) in [4.78, 5) is 0. The number of nitrogens with zero attached hydrogens (tertiary/aromatic N) is 1. The minimum Gasteiger partial charge on any atom is -0.792 e. The van der Waals surface area contributed by atoms with Crippen LogP contribution in [0.1, 0.15) is 30.9 Å². The van der Waals surface area contributed by atoms with E-state index in [1.54, 1.807) is 0 Å². The smallest absolute Gasteiger partial charge is 0.792 e. The fourth-order valence-electron chi connectivity index (χ4n) is 2.09. The van der Waals surface area contributed by atoms with Crippen molar-refractivity contribution in [3.63, 3.8) is 0 Å². The van der Waals surface area contributed by atoms with Crippen LogP contribution in [-0.2, 0) is 0 Å². The molecule has 1 fully saturated rings. The van der Waals surface area contributed by atoms with Gasteiger partial charge in [-0.15, -0.1) is 0 Å². The van der Waals surface area contributed by atoms with Crippen LogP contribution in [0.25, 0.3) is 0 Å².